The van der Waals surface area contributed by atoms with Gasteiger partial charge in [-0.25, -0.2) is 4.98 Å². The zero-order chi connectivity index (χ0) is 12.4. The summed E-state index contributed by atoms with van der Waals surface area (Å²) in [7, 11) is 0. The Balaban J connectivity index is 2.43. The number of hydrogen-bond acceptors (Lipinski definition) is 3. The van der Waals surface area contributed by atoms with Gasteiger partial charge in [0.15, 0.2) is 0 Å². The Labute approximate surface area is 98.0 Å². The Bertz CT molecular complexity index is 531. The zero-order valence-corrected chi connectivity index (χ0v) is 9.24. The topological polar surface area (TPSA) is 75.3 Å². The van der Waals surface area contributed by atoms with Gasteiger partial charge in [0, 0.05) is 18.1 Å². The van der Waals surface area contributed by atoms with E-state index in [0.717, 1.165) is 5.69 Å². The van der Waals surface area contributed by atoms with E-state index in [4.69, 9.17) is 5.11 Å². The van der Waals surface area contributed by atoms with Crippen LogP contribution in [0.1, 0.15) is 18.7 Å². The summed E-state index contributed by atoms with van der Waals surface area (Å²) in [4.78, 5) is 15.0. The molecule has 5 nitrogen and oxygen atoms in total. The van der Waals surface area contributed by atoms with Gasteiger partial charge in [-0.1, -0.05) is 0 Å². The molecule has 0 amide bonds. The summed E-state index contributed by atoms with van der Waals surface area (Å²) >= 11 is 0. The highest BCUT2D eigenvalue weighted by molar-refractivity contribution is 5.74. The maximum Gasteiger partial charge on any atom is 0.313 e. The zero-order valence-electron chi connectivity index (χ0n) is 9.24. The van der Waals surface area contributed by atoms with Gasteiger partial charge >= 0.3 is 5.97 Å². The second kappa shape index (κ2) is 4.29. The van der Waals surface area contributed by atoms with Crippen LogP contribution in [0.3, 0.4) is 0 Å². The number of phenolic OH excluding ortho intramolecular Hbond substituents is 1. The van der Waals surface area contributed by atoms with Crippen LogP contribution in [0.5, 0.6) is 5.75 Å². The second-order valence-corrected chi connectivity index (χ2v) is 3.73. The number of nitrogens with zero attached hydrogens (tertiary/aromatic N) is 2. The number of benzene rings is 1. The SMILES string of the molecule is CC(C(=O)O)c1nccn1-c1ccc(O)cc1. The maximum absolute atomic E-state index is 10.9. The summed E-state index contributed by atoms with van der Waals surface area (Å²) in [5, 5.41) is 18.2. The van der Waals surface area contributed by atoms with Crippen LogP contribution in [0.25, 0.3) is 5.69 Å². The van der Waals surface area contributed by atoms with Gasteiger partial charge in [0.05, 0.1) is 0 Å². The highest BCUT2D eigenvalue weighted by Gasteiger charge is 2.19. The van der Waals surface area contributed by atoms with E-state index in [1.54, 1.807) is 48.1 Å². The fourth-order valence-corrected chi connectivity index (χ4v) is 1.58. The smallest absolute Gasteiger partial charge is 0.313 e. The van der Waals surface area contributed by atoms with Crippen LogP contribution in [0.4, 0.5) is 0 Å². The van der Waals surface area contributed by atoms with E-state index in [-0.39, 0.29) is 5.75 Å². The number of hydrogen-bond donors (Lipinski definition) is 2. The molecule has 1 aromatic carbocycles. The predicted molar refractivity (Wildman–Crippen MR) is 61.3 cm³/mol. The minimum atomic E-state index is -0.920. The van der Waals surface area contributed by atoms with Crippen molar-refractivity contribution < 1.29 is 15.0 Å². The van der Waals surface area contributed by atoms with Crippen LogP contribution in [0, 0.1) is 0 Å². The van der Waals surface area contributed by atoms with Gasteiger partial charge in [0.2, 0.25) is 0 Å². The fourth-order valence-electron chi connectivity index (χ4n) is 1.58. The molecule has 0 aliphatic carbocycles. The third-order valence-corrected chi connectivity index (χ3v) is 2.55. The van der Waals surface area contributed by atoms with Crippen LogP contribution in [0.15, 0.2) is 36.7 Å². The van der Waals surface area contributed by atoms with Crippen LogP contribution < -0.4 is 0 Å². The number of rotatable bonds is 3. The molecule has 0 saturated heterocycles. The first kappa shape index (κ1) is 11.2. The Morgan fingerprint density at radius 1 is 1.35 bits per heavy atom. The standard InChI is InChI=1S/C12H12N2O3/c1-8(12(16)17)11-13-6-7-14(11)9-2-4-10(15)5-3-9/h2-8,15H,1H3,(H,16,17). The molecular weight excluding hydrogens is 220 g/mol. The molecule has 0 spiro atoms. The predicted octanol–water partition coefficient (Wildman–Crippen LogP) is 1.77. The number of carboxylic acid groups (broad SMARTS) is 1. The Kier molecular flexibility index (Phi) is 2.82. The Morgan fingerprint density at radius 2 is 2.00 bits per heavy atom. The average Bonchev–Trinajstić information content (AvgIpc) is 2.77. The molecule has 0 bridgehead atoms. The number of carboxylic acids is 1. The number of carbonyl (C=O) groups is 1. The van der Waals surface area contributed by atoms with E-state index in [1.807, 2.05) is 0 Å². The number of phenols is 1. The minimum Gasteiger partial charge on any atom is -0.508 e. The molecule has 5 heteroatoms. The molecule has 88 valence electrons. The molecule has 2 aromatic rings. The minimum absolute atomic E-state index is 0.168. The molecule has 0 saturated carbocycles. The normalized spacial score (nSPS) is 12.3. The Hall–Kier alpha value is -2.30. The maximum atomic E-state index is 10.9. The first-order valence-electron chi connectivity index (χ1n) is 5.15. The van der Waals surface area contributed by atoms with Crippen molar-refractivity contribution in [2.24, 2.45) is 0 Å². The van der Waals surface area contributed by atoms with Gasteiger partial charge in [-0.05, 0) is 31.2 Å². The van der Waals surface area contributed by atoms with Crippen molar-refractivity contribution in [1.82, 2.24) is 9.55 Å². The second-order valence-electron chi connectivity index (χ2n) is 3.73. The molecule has 1 aromatic heterocycles. The lowest BCUT2D eigenvalue weighted by atomic mass is 10.1. The summed E-state index contributed by atoms with van der Waals surface area (Å²) in [6.45, 7) is 1.58. The van der Waals surface area contributed by atoms with Gasteiger partial charge in [-0.15, -0.1) is 0 Å². The van der Waals surface area contributed by atoms with E-state index < -0.39 is 11.9 Å². The third-order valence-electron chi connectivity index (χ3n) is 2.55. The van der Waals surface area contributed by atoms with Crippen molar-refractivity contribution >= 4 is 5.97 Å². The lowest BCUT2D eigenvalue weighted by Gasteiger charge is -2.10. The largest absolute Gasteiger partial charge is 0.508 e. The number of aromatic nitrogens is 2. The fraction of sp³-hybridized carbons (Fsp3) is 0.167. The first-order valence-corrected chi connectivity index (χ1v) is 5.15. The van der Waals surface area contributed by atoms with Crippen molar-refractivity contribution in [3.63, 3.8) is 0 Å². The van der Waals surface area contributed by atoms with E-state index in [0.29, 0.717) is 5.82 Å². The van der Waals surface area contributed by atoms with Gasteiger partial charge in [0.25, 0.3) is 0 Å². The monoisotopic (exact) mass is 232 g/mol. The van der Waals surface area contributed by atoms with Crippen molar-refractivity contribution in [2.75, 3.05) is 0 Å². The van der Waals surface area contributed by atoms with E-state index >= 15 is 0 Å². The summed E-state index contributed by atoms with van der Waals surface area (Å²) in [6, 6.07) is 6.50. The summed E-state index contributed by atoms with van der Waals surface area (Å²) in [5.41, 5.74) is 0.767. The number of aliphatic carboxylic acids is 1. The van der Waals surface area contributed by atoms with Gasteiger partial charge in [0.1, 0.15) is 17.5 Å². The molecule has 1 unspecified atom stereocenters. The lowest BCUT2D eigenvalue weighted by Crippen LogP contribution is -2.13. The molecule has 1 heterocycles. The lowest BCUT2D eigenvalue weighted by molar-refractivity contribution is -0.138. The molecule has 0 radical (unpaired) electrons. The van der Waals surface area contributed by atoms with Crippen molar-refractivity contribution in [3.05, 3.63) is 42.5 Å². The number of imidazole rings is 1. The highest BCUT2D eigenvalue weighted by atomic mass is 16.4. The van der Waals surface area contributed by atoms with Crippen LogP contribution in [0.2, 0.25) is 0 Å². The summed E-state index contributed by atoms with van der Waals surface area (Å²) in [5.74, 6) is -0.972. The molecule has 1 atom stereocenters. The Morgan fingerprint density at radius 3 is 2.59 bits per heavy atom. The average molecular weight is 232 g/mol. The molecular formula is C12H12N2O3. The summed E-state index contributed by atoms with van der Waals surface area (Å²) in [6.07, 6.45) is 3.25. The van der Waals surface area contributed by atoms with E-state index in [1.165, 1.54) is 0 Å². The van der Waals surface area contributed by atoms with Crippen LogP contribution in [-0.4, -0.2) is 25.7 Å². The molecule has 2 rings (SSSR count). The molecule has 0 fully saturated rings. The van der Waals surface area contributed by atoms with Crippen molar-refractivity contribution in [1.29, 1.82) is 0 Å². The van der Waals surface area contributed by atoms with Crippen LogP contribution >= 0.6 is 0 Å². The quantitative estimate of drug-likeness (QED) is 0.845. The van der Waals surface area contributed by atoms with E-state index in [2.05, 4.69) is 4.98 Å². The third kappa shape index (κ3) is 2.13. The number of aromatic hydroxyl groups is 1. The van der Waals surface area contributed by atoms with Gasteiger partial charge < -0.3 is 14.8 Å². The molecule has 0 aliphatic rings. The van der Waals surface area contributed by atoms with E-state index in [9.17, 15) is 9.90 Å². The first-order chi connectivity index (χ1) is 8.09. The van der Waals surface area contributed by atoms with Gasteiger partial charge in [-0.2, -0.15) is 0 Å². The summed E-state index contributed by atoms with van der Waals surface area (Å²) < 4.78 is 1.69. The van der Waals surface area contributed by atoms with Crippen LogP contribution in [-0.2, 0) is 4.79 Å². The van der Waals surface area contributed by atoms with Gasteiger partial charge in [-0.3, -0.25) is 4.79 Å². The molecule has 17 heavy (non-hydrogen) atoms. The molecule has 2 N–H and O–H groups in total. The highest BCUT2D eigenvalue weighted by Crippen LogP contribution is 2.20. The van der Waals surface area contributed by atoms with Crippen molar-refractivity contribution in [3.8, 4) is 11.4 Å². The molecule has 0 aliphatic heterocycles. The van der Waals surface area contributed by atoms with Crippen molar-refractivity contribution in [2.45, 2.75) is 12.8 Å².